The standard InChI is InChI=1S/C10H11N5O4/c1-19-9(16)7-2-6(5-13-14-10(11)12)3-8(4-7)15(17)18/h2-5H,1H3,(H4,11,12,14). The van der Waals surface area contributed by atoms with Crippen molar-refractivity contribution in [2.75, 3.05) is 7.11 Å². The van der Waals surface area contributed by atoms with Gasteiger partial charge in [-0.15, -0.1) is 5.10 Å². The lowest BCUT2D eigenvalue weighted by Crippen LogP contribution is -2.21. The number of guanidine groups is 1. The first-order valence-electron chi connectivity index (χ1n) is 4.94. The van der Waals surface area contributed by atoms with E-state index in [1.807, 2.05) is 0 Å². The number of esters is 1. The maximum Gasteiger partial charge on any atom is 0.338 e. The highest BCUT2D eigenvalue weighted by atomic mass is 16.6. The fourth-order valence-electron chi connectivity index (χ4n) is 1.21. The third-order valence-corrected chi connectivity index (χ3v) is 1.95. The molecule has 0 amide bonds. The molecule has 0 radical (unpaired) electrons. The summed E-state index contributed by atoms with van der Waals surface area (Å²) in [5.41, 5.74) is 10.2. The number of rotatable bonds is 4. The van der Waals surface area contributed by atoms with Crippen molar-refractivity contribution in [3.8, 4) is 0 Å². The van der Waals surface area contributed by atoms with Crippen LogP contribution in [0, 0.1) is 10.1 Å². The minimum atomic E-state index is -0.694. The van der Waals surface area contributed by atoms with Crippen molar-refractivity contribution in [1.82, 2.24) is 0 Å². The molecule has 0 aliphatic carbocycles. The average Bonchev–Trinajstić information content (AvgIpc) is 2.37. The Balaban J connectivity index is 3.20. The van der Waals surface area contributed by atoms with Gasteiger partial charge in [-0.3, -0.25) is 10.1 Å². The molecule has 0 saturated heterocycles. The lowest BCUT2D eigenvalue weighted by Gasteiger charge is -2.01. The molecular formula is C10H11N5O4. The lowest BCUT2D eigenvalue weighted by atomic mass is 10.1. The van der Waals surface area contributed by atoms with Crippen molar-refractivity contribution in [3.05, 3.63) is 39.4 Å². The van der Waals surface area contributed by atoms with Crippen LogP contribution in [0.4, 0.5) is 5.69 Å². The third-order valence-electron chi connectivity index (χ3n) is 1.95. The molecule has 0 bridgehead atoms. The fraction of sp³-hybridized carbons (Fsp3) is 0.100. The number of nitrogens with zero attached hydrogens (tertiary/aromatic N) is 3. The van der Waals surface area contributed by atoms with E-state index in [9.17, 15) is 14.9 Å². The van der Waals surface area contributed by atoms with E-state index >= 15 is 0 Å². The number of hydrogen-bond donors (Lipinski definition) is 2. The second kappa shape index (κ2) is 6.10. The summed E-state index contributed by atoms with van der Waals surface area (Å²) in [5, 5.41) is 17.6. The van der Waals surface area contributed by atoms with Crippen LogP contribution in [-0.4, -0.2) is 30.2 Å². The molecule has 0 saturated carbocycles. The van der Waals surface area contributed by atoms with Crippen LogP contribution in [0.25, 0.3) is 0 Å². The van der Waals surface area contributed by atoms with E-state index in [4.69, 9.17) is 11.5 Å². The number of carbonyl (C=O) groups is 1. The Kier molecular flexibility index (Phi) is 4.52. The van der Waals surface area contributed by atoms with Gasteiger partial charge in [0.25, 0.3) is 5.69 Å². The van der Waals surface area contributed by atoms with Crippen molar-refractivity contribution in [2.45, 2.75) is 0 Å². The number of methoxy groups -OCH3 is 1. The highest BCUT2D eigenvalue weighted by Crippen LogP contribution is 2.17. The minimum absolute atomic E-state index is 0.0304. The predicted octanol–water partition coefficient (Wildman–Crippen LogP) is -0.0113. The van der Waals surface area contributed by atoms with E-state index < -0.39 is 10.9 Å². The van der Waals surface area contributed by atoms with Gasteiger partial charge in [0, 0.05) is 17.7 Å². The third kappa shape index (κ3) is 4.07. The lowest BCUT2D eigenvalue weighted by molar-refractivity contribution is -0.384. The van der Waals surface area contributed by atoms with Crippen LogP contribution in [0.2, 0.25) is 0 Å². The Morgan fingerprint density at radius 2 is 2.11 bits per heavy atom. The van der Waals surface area contributed by atoms with Gasteiger partial charge in [0.1, 0.15) is 0 Å². The van der Waals surface area contributed by atoms with Crippen molar-refractivity contribution in [1.29, 1.82) is 0 Å². The van der Waals surface area contributed by atoms with Gasteiger partial charge in [0.05, 0.1) is 23.8 Å². The molecule has 1 rings (SSSR count). The molecule has 19 heavy (non-hydrogen) atoms. The van der Waals surface area contributed by atoms with Gasteiger partial charge in [-0.25, -0.2) is 4.79 Å². The largest absolute Gasteiger partial charge is 0.465 e. The number of non-ortho nitro benzene ring substituents is 1. The maximum absolute atomic E-state index is 11.4. The van der Waals surface area contributed by atoms with Gasteiger partial charge in [0.2, 0.25) is 5.96 Å². The number of ether oxygens (including phenoxy) is 1. The Morgan fingerprint density at radius 1 is 1.42 bits per heavy atom. The molecule has 0 aliphatic rings. The summed E-state index contributed by atoms with van der Waals surface area (Å²) in [6.07, 6.45) is 1.18. The molecule has 0 fully saturated rings. The van der Waals surface area contributed by atoms with Gasteiger partial charge >= 0.3 is 5.97 Å². The van der Waals surface area contributed by atoms with Crippen LogP contribution < -0.4 is 11.5 Å². The topological polar surface area (TPSA) is 146 Å². The normalized spacial score (nSPS) is 10.2. The quantitative estimate of drug-likeness (QED) is 0.257. The Labute approximate surface area is 107 Å². The monoisotopic (exact) mass is 265 g/mol. The number of nitrogens with two attached hydrogens (primary N) is 2. The summed E-state index contributed by atoms with van der Waals surface area (Å²) in [7, 11) is 1.17. The summed E-state index contributed by atoms with van der Waals surface area (Å²) in [4.78, 5) is 21.5. The van der Waals surface area contributed by atoms with E-state index in [-0.39, 0.29) is 17.2 Å². The Bertz CT molecular complexity index is 563. The van der Waals surface area contributed by atoms with Crippen molar-refractivity contribution >= 4 is 23.8 Å². The van der Waals surface area contributed by atoms with E-state index in [1.165, 1.54) is 25.5 Å². The molecule has 0 spiro atoms. The molecule has 9 heteroatoms. The van der Waals surface area contributed by atoms with Gasteiger partial charge in [-0.1, -0.05) is 0 Å². The molecule has 1 aromatic carbocycles. The molecule has 0 heterocycles. The molecule has 0 aromatic heterocycles. The molecule has 0 unspecified atom stereocenters. The van der Waals surface area contributed by atoms with Crippen LogP contribution in [0.1, 0.15) is 15.9 Å². The maximum atomic E-state index is 11.4. The zero-order valence-electron chi connectivity index (χ0n) is 9.94. The van der Waals surface area contributed by atoms with Crippen LogP contribution in [-0.2, 0) is 4.74 Å². The smallest absolute Gasteiger partial charge is 0.338 e. The zero-order valence-corrected chi connectivity index (χ0v) is 9.94. The number of benzene rings is 1. The van der Waals surface area contributed by atoms with Crippen molar-refractivity contribution in [3.63, 3.8) is 0 Å². The predicted molar refractivity (Wildman–Crippen MR) is 67.8 cm³/mol. The summed E-state index contributed by atoms with van der Waals surface area (Å²) in [5.74, 6) is -0.949. The van der Waals surface area contributed by atoms with E-state index in [2.05, 4.69) is 14.9 Å². The number of nitro groups is 1. The Morgan fingerprint density at radius 3 is 2.63 bits per heavy atom. The first-order valence-corrected chi connectivity index (χ1v) is 4.94. The summed E-state index contributed by atoms with van der Waals surface area (Å²) in [6, 6.07) is 3.69. The number of nitro benzene ring substituents is 1. The van der Waals surface area contributed by atoms with Crippen molar-refractivity contribution < 1.29 is 14.5 Å². The van der Waals surface area contributed by atoms with Crippen LogP contribution >= 0.6 is 0 Å². The van der Waals surface area contributed by atoms with Gasteiger partial charge in [0.15, 0.2) is 0 Å². The fourth-order valence-corrected chi connectivity index (χ4v) is 1.21. The highest BCUT2D eigenvalue weighted by molar-refractivity contribution is 5.93. The number of carbonyl (C=O) groups excluding carboxylic acids is 1. The molecule has 1 aromatic rings. The second-order valence-corrected chi connectivity index (χ2v) is 3.33. The van der Waals surface area contributed by atoms with Crippen LogP contribution in [0.5, 0.6) is 0 Å². The molecule has 100 valence electrons. The molecule has 0 aliphatic heterocycles. The zero-order chi connectivity index (χ0) is 14.4. The molecule has 4 N–H and O–H groups in total. The first-order chi connectivity index (χ1) is 8.93. The summed E-state index contributed by atoms with van der Waals surface area (Å²) >= 11 is 0. The highest BCUT2D eigenvalue weighted by Gasteiger charge is 2.14. The van der Waals surface area contributed by atoms with Crippen LogP contribution in [0.15, 0.2) is 28.4 Å². The summed E-state index contributed by atoms with van der Waals surface area (Å²) in [6.45, 7) is 0. The Hall–Kier alpha value is -2.97. The minimum Gasteiger partial charge on any atom is -0.465 e. The van der Waals surface area contributed by atoms with E-state index in [1.54, 1.807) is 0 Å². The summed E-state index contributed by atoms with van der Waals surface area (Å²) < 4.78 is 4.50. The van der Waals surface area contributed by atoms with E-state index in [0.29, 0.717) is 5.56 Å². The number of hydrogen-bond acceptors (Lipinski definition) is 6. The van der Waals surface area contributed by atoms with Gasteiger partial charge < -0.3 is 16.2 Å². The SMILES string of the molecule is COC(=O)c1cc(C=NN=C(N)N)cc([N+](=O)[O-])c1. The van der Waals surface area contributed by atoms with E-state index in [0.717, 1.165) is 6.07 Å². The van der Waals surface area contributed by atoms with Crippen LogP contribution in [0.3, 0.4) is 0 Å². The molecular weight excluding hydrogens is 254 g/mol. The van der Waals surface area contributed by atoms with Gasteiger partial charge in [-0.2, -0.15) is 5.10 Å². The van der Waals surface area contributed by atoms with Gasteiger partial charge in [-0.05, 0) is 6.07 Å². The second-order valence-electron chi connectivity index (χ2n) is 3.33. The average molecular weight is 265 g/mol. The van der Waals surface area contributed by atoms with Crippen molar-refractivity contribution in [2.24, 2.45) is 21.7 Å². The molecule has 9 nitrogen and oxygen atoms in total. The first kappa shape index (κ1) is 14.1. The molecule has 0 atom stereocenters.